The van der Waals surface area contributed by atoms with E-state index in [1.54, 1.807) is 30.4 Å². The summed E-state index contributed by atoms with van der Waals surface area (Å²) in [4.78, 5) is 21.3. The zero-order valence-corrected chi connectivity index (χ0v) is 22.1. The van der Waals surface area contributed by atoms with Crippen molar-refractivity contribution in [3.05, 3.63) is 88.9 Å². The number of hydrogen-bond donors (Lipinski definition) is 2. The van der Waals surface area contributed by atoms with Crippen LogP contribution in [0.3, 0.4) is 0 Å². The van der Waals surface area contributed by atoms with E-state index >= 15 is 0 Å². The summed E-state index contributed by atoms with van der Waals surface area (Å²) in [5, 5.41) is 0.277. The zero-order valence-electron chi connectivity index (χ0n) is 21.3. The van der Waals surface area contributed by atoms with Crippen LogP contribution < -0.4 is 20.8 Å². The normalized spacial score (nSPS) is 12.3. The maximum absolute atomic E-state index is 14.2. The molecule has 4 rings (SSSR count). The van der Waals surface area contributed by atoms with E-state index in [1.807, 2.05) is 19.9 Å². The van der Waals surface area contributed by atoms with Crippen molar-refractivity contribution in [2.24, 2.45) is 0 Å². The molecule has 0 aliphatic carbocycles. The molecule has 0 atom stereocenters. The van der Waals surface area contributed by atoms with Crippen molar-refractivity contribution in [3.8, 4) is 17.0 Å². The smallest absolute Gasteiger partial charge is 0.267 e. The van der Waals surface area contributed by atoms with E-state index in [0.29, 0.717) is 34.8 Å². The fourth-order valence-electron chi connectivity index (χ4n) is 3.98. The van der Waals surface area contributed by atoms with Gasteiger partial charge in [-0.15, -0.1) is 0 Å². The van der Waals surface area contributed by atoms with E-state index in [4.69, 9.17) is 10.5 Å². The molecule has 0 aliphatic heterocycles. The first-order valence-electron chi connectivity index (χ1n) is 11.8. The van der Waals surface area contributed by atoms with Crippen molar-refractivity contribution in [2.75, 3.05) is 17.6 Å². The number of pyridine rings is 1. The quantitative estimate of drug-likeness (QED) is 0.295. The highest BCUT2D eigenvalue weighted by atomic mass is 32.2. The van der Waals surface area contributed by atoms with Crippen LogP contribution in [-0.4, -0.2) is 30.1 Å². The Bertz CT molecular complexity index is 1800. The molecular weight excluding hydrogens is 528 g/mol. The van der Waals surface area contributed by atoms with Crippen LogP contribution in [0.25, 0.3) is 27.7 Å². The number of aromatic nitrogens is 3. The number of benzene rings is 2. The number of allylic oxidation sites excluding steroid dienone is 4. The predicted molar refractivity (Wildman–Crippen MR) is 147 cm³/mol. The van der Waals surface area contributed by atoms with Crippen molar-refractivity contribution in [1.29, 1.82) is 0 Å². The van der Waals surface area contributed by atoms with Gasteiger partial charge in [-0.05, 0) is 55.3 Å². The largest absolute Gasteiger partial charge is 0.480 e. The molecule has 0 amide bonds. The highest BCUT2D eigenvalue weighted by molar-refractivity contribution is 7.92. The van der Waals surface area contributed by atoms with Crippen LogP contribution in [-0.2, 0) is 10.0 Å². The van der Waals surface area contributed by atoms with Crippen LogP contribution in [0.2, 0.25) is 0 Å². The molecule has 3 N–H and O–H groups in total. The van der Waals surface area contributed by atoms with Crippen molar-refractivity contribution in [3.63, 3.8) is 0 Å². The summed E-state index contributed by atoms with van der Waals surface area (Å²) in [5.74, 6) is -2.21. The van der Waals surface area contributed by atoms with Gasteiger partial charge in [0.1, 0.15) is 22.2 Å². The average Bonchev–Trinajstić information content (AvgIpc) is 2.88. The van der Waals surface area contributed by atoms with Gasteiger partial charge in [-0.1, -0.05) is 25.1 Å². The van der Waals surface area contributed by atoms with Gasteiger partial charge in [0.15, 0.2) is 0 Å². The second-order valence-corrected chi connectivity index (χ2v) is 9.99. The van der Waals surface area contributed by atoms with Gasteiger partial charge >= 0.3 is 0 Å². The molecule has 2 aromatic carbocycles. The Morgan fingerprint density at radius 3 is 2.59 bits per heavy atom. The van der Waals surface area contributed by atoms with Gasteiger partial charge in [0.25, 0.3) is 15.6 Å². The Morgan fingerprint density at radius 1 is 1.15 bits per heavy atom. The van der Waals surface area contributed by atoms with Crippen molar-refractivity contribution < 1.29 is 21.9 Å². The number of sulfonamides is 1. The fraction of sp³-hybridized carbons (Fsp3) is 0.148. The molecule has 202 valence electrons. The molecule has 0 fully saturated rings. The molecule has 39 heavy (non-hydrogen) atoms. The minimum atomic E-state index is -4.47. The molecule has 9 nitrogen and oxygen atoms in total. The Labute approximate surface area is 223 Å². The first kappa shape index (κ1) is 27.5. The SMILES string of the molecule is C/C=C\C(=C/CC)n1c(N)nc2ccc(-c3cnc(OC)c(NS(=O)(=O)c4ccc(F)cc4F)c3)cc2c1=O. The third-order valence-electron chi connectivity index (χ3n) is 5.71. The topological polar surface area (TPSA) is 129 Å². The number of methoxy groups -OCH3 is 1. The van der Waals surface area contributed by atoms with Gasteiger partial charge in [-0.3, -0.25) is 9.52 Å². The number of ether oxygens (including phenoxy) is 1. The van der Waals surface area contributed by atoms with Gasteiger partial charge in [0.05, 0.1) is 18.0 Å². The number of nitrogen functional groups attached to an aromatic ring is 1. The van der Waals surface area contributed by atoms with Crippen LogP contribution in [0, 0.1) is 11.6 Å². The molecule has 0 bridgehead atoms. The lowest BCUT2D eigenvalue weighted by molar-refractivity contribution is 0.400. The van der Waals surface area contributed by atoms with Crippen LogP contribution in [0.5, 0.6) is 5.88 Å². The summed E-state index contributed by atoms with van der Waals surface area (Å²) < 4.78 is 62.0. The van der Waals surface area contributed by atoms with Crippen LogP contribution >= 0.6 is 0 Å². The second-order valence-electron chi connectivity index (χ2n) is 8.34. The predicted octanol–water partition coefficient (Wildman–Crippen LogP) is 4.96. The molecule has 0 spiro atoms. The number of rotatable bonds is 8. The molecule has 2 heterocycles. The minimum Gasteiger partial charge on any atom is -0.480 e. The van der Waals surface area contributed by atoms with Crippen molar-refractivity contribution in [1.82, 2.24) is 14.5 Å². The van der Waals surface area contributed by atoms with E-state index < -0.39 is 26.6 Å². The molecule has 0 aliphatic rings. The third-order valence-corrected chi connectivity index (χ3v) is 7.11. The van der Waals surface area contributed by atoms with E-state index in [0.717, 1.165) is 12.1 Å². The standard InChI is InChI=1S/C27H25F2N5O4S/c1-4-6-19(7-5-2)34-26(35)20-12-16(8-10-22(20)32-27(34)30)17-13-23(25(38-3)31-15-17)33-39(36,37)24-11-9-18(28)14-21(24)29/h4,6-15,33H,5H2,1-3H3,(H2,30,32)/b6-4-,19-7+. The van der Waals surface area contributed by atoms with Gasteiger partial charge < -0.3 is 10.5 Å². The first-order valence-corrected chi connectivity index (χ1v) is 13.3. The Kier molecular flexibility index (Phi) is 7.77. The Hall–Kier alpha value is -4.58. The van der Waals surface area contributed by atoms with Gasteiger partial charge in [0.2, 0.25) is 11.8 Å². The molecule has 2 aromatic heterocycles. The summed E-state index contributed by atoms with van der Waals surface area (Å²) >= 11 is 0. The number of anilines is 2. The highest BCUT2D eigenvalue weighted by Gasteiger charge is 2.22. The Morgan fingerprint density at radius 2 is 1.92 bits per heavy atom. The summed E-state index contributed by atoms with van der Waals surface area (Å²) in [6, 6.07) is 8.45. The lowest BCUT2D eigenvalue weighted by Crippen LogP contribution is -2.23. The molecule has 4 aromatic rings. The lowest BCUT2D eigenvalue weighted by atomic mass is 10.0. The van der Waals surface area contributed by atoms with Crippen LogP contribution in [0.15, 0.2) is 76.6 Å². The molecule has 0 saturated carbocycles. The Balaban J connectivity index is 1.82. The number of hydrogen-bond acceptors (Lipinski definition) is 7. The zero-order chi connectivity index (χ0) is 28.3. The van der Waals surface area contributed by atoms with Crippen LogP contribution in [0.1, 0.15) is 20.3 Å². The van der Waals surface area contributed by atoms with E-state index in [-0.39, 0.29) is 28.5 Å². The lowest BCUT2D eigenvalue weighted by Gasteiger charge is -2.14. The number of fused-ring (bicyclic) bond motifs is 1. The maximum Gasteiger partial charge on any atom is 0.267 e. The summed E-state index contributed by atoms with van der Waals surface area (Å²) in [5.41, 5.74) is 7.55. The van der Waals surface area contributed by atoms with Crippen molar-refractivity contribution >= 4 is 38.3 Å². The fourth-order valence-corrected chi connectivity index (χ4v) is 5.09. The molecule has 0 unspecified atom stereocenters. The molecule has 0 radical (unpaired) electrons. The number of nitrogens with one attached hydrogen (secondary N) is 1. The van der Waals surface area contributed by atoms with Crippen LogP contribution in [0.4, 0.5) is 20.4 Å². The minimum absolute atomic E-state index is 0.0360. The monoisotopic (exact) mass is 553 g/mol. The molecule has 12 heteroatoms. The molecular formula is C27H25F2N5O4S. The highest BCUT2D eigenvalue weighted by Crippen LogP contribution is 2.31. The summed E-state index contributed by atoms with van der Waals surface area (Å²) in [6.45, 7) is 3.76. The number of nitrogens with two attached hydrogens (primary N) is 1. The van der Waals surface area contributed by atoms with E-state index in [2.05, 4.69) is 14.7 Å². The second kappa shape index (κ2) is 11.0. The third kappa shape index (κ3) is 5.50. The van der Waals surface area contributed by atoms with Gasteiger partial charge in [0, 0.05) is 23.5 Å². The number of nitrogens with zero attached hydrogens (tertiary/aromatic N) is 3. The van der Waals surface area contributed by atoms with E-state index in [1.165, 1.54) is 23.9 Å². The van der Waals surface area contributed by atoms with Crippen molar-refractivity contribution in [2.45, 2.75) is 25.2 Å². The average molecular weight is 554 g/mol. The van der Waals surface area contributed by atoms with E-state index in [9.17, 15) is 22.0 Å². The summed E-state index contributed by atoms with van der Waals surface area (Å²) in [6.07, 6.45) is 7.50. The maximum atomic E-state index is 14.2. The van der Waals surface area contributed by atoms with Gasteiger partial charge in [-0.2, -0.15) is 0 Å². The number of halogens is 2. The first-order chi connectivity index (χ1) is 18.6. The molecule has 0 saturated heterocycles. The summed E-state index contributed by atoms with van der Waals surface area (Å²) in [7, 11) is -3.18. The van der Waals surface area contributed by atoms with Gasteiger partial charge in [-0.25, -0.2) is 31.7 Å².